The number of rotatable bonds is 7. The third kappa shape index (κ3) is 5.83. The van der Waals surface area contributed by atoms with Gasteiger partial charge in [-0.2, -0.15) is 13.2 Å². The van der Waals surface area contributed by atoms with Crippen molar-refractivity contribution in [3.8, 4) is 22.6 Å². The second kappa shape index (κ2) is 10.2. The Hall–Kier alpha value is -3.49. The number of hydrogen-bond acceptors (Lipinski definition) is 3. The Morgan fingerprint density at radius 1 is 0.833 bits per heavy atom. The summed E-state index contributed by atoms with van der Waals surface area (Å²) in [6, 6.07) is 10.2. The van der Waals surface area contributed by atoms with Crippen molar-refractivity contribution in [2.75, 3.05) is 7.11 Å². The molecule has 0 bridgehead atoms. The fourth-order valence-electron chi connectivity index (χ4n) is 4.08. The highest BCUT2D eigenvalue weighted by molar-refractivity contribution is 5.84. The molecule has 0 spiro atoms. The Balaban J connectivity index is 2.18. The van der Waals surface area contributed by atoms with Gasteiger partial charge in [-0.3, -0.25) is 4.79 Å². The van der Waals surface area contributed by atoms with Crippen LogP contribution in [0.1, 0.15) is 38.3 Å². The maximum atomic E-state index is 13.7. The van der Waals surface area contributed by atoms with Gasteiger partial charge in [-0.05, 0) is 66.3 Å². The summed E-state index contributed by atoms with van der Waals surface area (Å²) in [6.07, 6.45) is -4.17. The average Bonchev–Trinajstić information content (AvgIpc) is 2.80. The van der Waals surface area contributed by atoms with E-state index in [1.165, 1.54) is 31.4 Å². The Bertz CT molecular complexity index is 1230. The van der Waals surface area contributed by atoms with Crippen LogP contribution in [0.3, 0.4) is 0 Å². The summed E-state index contributed by atoms with van der Waals surface area (Å²) in [5, 5.41) is 0. The van der Waals surface area contributed by atoms with E-state index in [1.54, 1.807) is 13.0 Å². The normalized spacial score (nSPS) is 13.4. The molecule has 0 aliphatic heterocycles. The Kier molecular flexibility index (Phi) is 7.71. The van der Waals surface area contributed by atoms with Crippen molar-refractivity contribution in [2.45, 2.75) is 38.8 Å². The van der Waals surface area contributed by atoms with Gasteiger partial charge in [0, 0.05) is 12.1 Å². The van der Waals surface area contributed by atoms with Gasteiger partial charge in [0.1, 0.15) is 11.5 Å². The molecule has 3 aromatic carbocycles. The first kappa shape index (κ1) is 27.1. The molecule has 9 heteroatoms. The zero-order valence-corrected chi connectivity index (χ0v) is 20.0. The standard InChI is InChI=1S/C27H24F6O3/c1-15(2)14-26(3,25(34)35-4)19-9-17(16-5-7-18(8-6-16)27(31,32)33)10-20(11-19)36-21-12-22(28)24(30)23(29)13-21/h5-13,15H,14H2,1-4H3. The summed E-state index contributed by atoms with van der Waals surface area (Å²) in [4.78, 5) is 12.8. The fraction of sp³-hybridized carbons (Fsp3) is 0.296. The molecule has 36 heavy (non-hydrogen) atoms. The first-order valence-electron chi connectivity index (χ1n) is 11.0. The van der Waals surface area contributed by atoms with E-state index >= 15 is 0 Å². The molecule has 0 saturated heterocycles. The molecule has 3 nitrogen and oxygen atoms in total. The van der Waals surface area contributed by atoms with Gasteiger partial charge in [0.15, 0.2) is 17.5 Å². The molecule has 3 rings (SSSR count). The van der Waals surface area contributed by atoms with Crippen LogP contribution in [0.2, 0.25) is 0 Å². The molecule has 192 valence electrons. The van der Waals surface area contributed by atoms with E-state index in [-0.39, 0.29) is 17.4 Å². The number of carbonyl (C=O) groups excluding carboxylic acids is 1. The van der Waals surface area contributed by atoms with E-state index in [0.29, 0.717) is 35.2 Å². The first-order valence-corrected chi connectivity index (χ1v) is 11.0. The van der Waals surface area contributed by atoms with E-state index in [2.05, 4.69) is 0 Å². The molecule has 0 amide bonds. The summed E-state index contributed by atoms with van der Waals surface area (Å²) in [5.74, 6) is -5.38. The number of benzene rings is 3. The van der Waals surface area contributed by atoms with Crippen LogP contribution in [0.4, 0.5) is 26.3 Å². The van der Waals surface area contributed by atoms with E-state index in [1.807, 2.05) is 13.8 Å². The number of ether oxygens (including phenoxy) is 2. The number of hydrogen-bond donors (Lipinski definition) is 0. The molecular formula is C27H24F6O3. The van der Waals surface area contributed by atoms with E-state index in [9.17, 15) is 31.1 Å². The molecule has 0 aliphatic carbocycles. The van der Waals surface area contributed by atoms with Gasteiger partial charge in [-0.15, -0.1) is 0 Å². The van der Waals surface area contributed by atoms with Crippen molar-refractivity contribution in [1.82, 2.24) is 0 Å². The Morgan fingerprint density at radius 3 is 1.89 bits per heavy atom. The minimum atomic E-state index is -4.52. The van der Waals surface area contributed by atoms with Crippen molar-refractivity contribution < 1.29 is 40.6 Å². The molecule has 3 aromatic rings. The molecule has 0 N–H and O–H groups in total. The highest BCUT2D eigenvalue weighted by Gasteiger charge is 2.38. The second-order valence-electron chi connectivity index (χ2n) is 9.05. The monoisotopic (exact) mass is 510 g/mol. The second-order valence-corrected chi connectivity index (χ2v) is 9.05. The van der Waals surface area contributed by atoms with E-state index in [4.69, 9.17) is 9.47 Å². The number of methoxy groups -OCH3 is 1. The minimum absolute atomic E-state index is 0.0340. The van der Waals surface area contributed by atoms with Gasteiger partial charge in [-0.25, -0.2) is 13.2 Å². The summed E-state index contributed by atoms with van der Waals surface area (Å²) in [6.45, 7) is 5.47. The van der Waals surface area contributed by atoms with Crippen molar-refractivity contribution >= 4 is 5.97 Å². The van der Waals surface area contributed by atoms with Crippen LogP contribution in [0.15, 0.2) is 54.6 Å². The molecule has 0 fully saturated rings. The lowest BCUT2D eigenvalue weighted by Gasteiger charge is -2.30. The molecular weight excluding hydrogens is 486 g/mol. The SMILES string of the molecule is COC(=O)C(C)(CC(C)C)c1cc(Oc2cc(F)c(F)c(F)c2)cc(-c2ccc(C(F)(F)F)cc2)c1. The largest absolute Gasteiger partial charge is 0.468 e. The highest BCUT2D eigenvalue weighted by Crippen LogP contribution is 2.39. The predicted molar refractivity (Wildman–Crippen MR) is 122 cm³/mol. The quantitative estimate of drug-likeness (QED) is 0.183. The number of carbonyl (C=O) groups is 1. The molecule has 1 unspecified atom stereocenters. The zero-order valence-electron chi connectivity index (χ0n) is 20.0. The lowest BCUT2D eigenvalue weighted by atomic mass is 9.75. The van der Waals surface area contributed by atoms with Crippen LogP contribution in [0.25, 0.3) is 11.1 Å². The molecule has 0 aliphatic rings. The van der Waals surface area contributed by atoms with Crippen LogP contribution in [0, 0.1) is 23.4 Å². The van der Waals surface area contributed by atoms with Crippen LogP contribution < -0.4 is 4.74 Å². The first-order chi connectivity index (χ1) is 16.7. The van der Waals surface area contributed by atoms with Gasteiger partial charge in [0.25, 0.3) is 0 Å². The zero-order chi connectivity index (χ0) is 26.8. The minimum Gasteiger partial charge on any atom is -0.468 e. The van der Waals surface area contributed by atoms with Crippen molar-refractivity contribution in [3.63, 3.8) is 0 Å². The van der Waals surface area contributed by atoms with Crippen molar-refractivity contribution in [1.29, 1.82) is 0 Å². The Morgan fingerprint density at radius 2 is 1.39 bits per heavy atom. The lowest BCUT2D eigenvalue weighted by Crippen LogP contribution is -2.35. The molecule has 0 saturated carbocycles. The summed E-state index contributed by atoms with van der Waals surface area (Å²) < 4.78 is 90.6. The summed E-state index contributed by atoms with van der Waals surface area (Å²) in [7, 11) is 1.24. The molecule has 0 heterocycles. The molecule has 0 radical (unpaired) electrons. The third-order valence-electron chi connectivity index (χ3n) is 5.73. The summed E-state index contributed by atoms with van der Waals surface area (Å²) in [5.41, 5.74) is -0.836. The number of halogens is 6. The highest BCUT2D eigenvalue weighted by atomic mass is 19.4. The molecule has 0 aromatic heterocycles. The van der Waals surface area contributed by atoms with Gasteiger partial charge < -0.3 is 9.47 Å². The van der Waals surface area contributed by atoms with Crippen molar-refractivity contribution in [3.05, 3.63) is 83.2 Å². The Labute approximate surface area is 204 Å². The van der Waals surface area contributed by atoms with Crippen molar-refractivity contribution in [2.24, 2.45) is 5.92 Å². The van der Waals surface area contributed by atoms with E-state index in [0.717, 1.165) is 12.1 Å². The third-order valence-corrected chi connectivity index (χ3v) is 5.73. The van der Waals surface area contributed by atoms with Crippen LogP contribution in [0.5, 0.6) is 11.5 Å². The van der Waals surface area contributed by atoms with Gasteiger partial charge >= 0.3 is 12.1 Å². The van der Waals surface area contributed by atoms with Gasteiger partial charge in [0.05, 0.1) is 18.1 Å². The predicted octanol–water partition coefficient (Wildman–Crippen LogP) is 8.06. The van der Waals surface area contributed by atoms with Gasteiger partial charge in [-0.1, -0.05) is 26.0 Å². The summed E-state index contributed by atoms with van der Waals surface area (Å²) >= 11 is 0. The lowest BCUT2D eigenvalue weighted by molar-refractivity contribution is -0.147. The van der Waals surface area contributed by atoms with Gasteiger partial charge in [0.2, 0.25) is 0 Å². The van der Waals surface area contributed by atoms with E-state index < -0.39 is 40.6 Å². The maximum absolute atomic E-state index is 13.7. The van der Waals surface area contributed by atoms with Crippen LogP contribution in [-0.4, -0.2) is 13.1 Å². The smallest absolute Gasteiger partial charge is 0.416 e. The maximum Gasteiger partial charge on any atom is 0.416 e. The average molecular weight is 510 g/mol. The fourth-order valence-corrected chi connectivity index (χ4v) is 4.08. The van der Waals surface area contributed by atoms with Crippen LogP contribution >= 0.6 is 0 Å². The number of esters is 1. The number of alkyl halides is 3. The van der Waals surface area contributed by atoms with Crippen LogP contribution in [-0.2, 0) is 21.1 Å². The molecule has 1 atom stereocenters. The topological polar surface area (TPSA) is 35.5 Å².